The van der Waals surface area contributed by atoms with Crippen molar-refractivity contribution in [1.82, 2.24) is 4.98 Å². The first kappa shape index (κ1) is 20.1. The fourth-order valence-electron chi connectivity index (χ4n) is 2.45. The molecule has 1 aromatic heterocycles. The summed E-state index contributed by atoms with van der Waals surface area (Å²) < 4.78 is 22.0. The SMILES string of the molecule is COc1cccc(S(C)(=O)=NC(=O)c2cncc(C#Cc3cccc(O)c3)c2)c1. The summed E-state index contributed by atoms with van der Waals surface area (Å²) in [4.78, 5) is 17.0. The van der Waals surface area contributed by atoms with E-state index in [1.54, 1.807) is 42.5 Å². The van der Waals surface area contributed by atoms with Gasteiger partial charge in [0.25, 0.3) is 5.91 Å². The van der Waals surface area contributed by atoms with Crippen LogP contribution in [0, 0.1) is 11.8 Å². The highest BCUT2D eigenvalue weighted by atomic mass is 32.2. The van der Waals surface area contributed by atoms with Crippen molar-refractivity contribution in [3.05, 3.63) is 83.7 Å². The molecule has 1 N–H and O–H groups in total. The van der Waals surface area contributed by atoms with E-state index in [0.29, 0.717) is 21.8 Å². The molecule has 0 aliphatic rings. The Kier molecular flexibility index (Phi) is 5.96. The molecular weight excluding hydrogens is 388 g/mol. The number of phenolic OH excluding ortho intramolecular Hbond substituents is 1. The van der Waals surface area contributed by atoms with Gasteiger partial charge in [-0.05, 0) is 42.5 Å². The minimum atomic E-state index is -2.96. The average Bonchev–Trinajstić information content (AvgIpc) is 2.72. The van der Waals surface area contributed by atoms with Gasteiger partial charge in [0.15, 0.2) is 0 Å². The van der Waals surface area contributed by atoms with Crippen molar-refractivity contribution in [2.24, 2.45) is 4.36 Å². The molecule has 7 heteroatoms. The summed E-state index contributed by atoms with van der Waals surface area (Å²) in [7, 11) is -1.45. The monoisotopic (exact) mass is 406 g/mol. The number of ether oxygens (including phenoxy) is 1. The topological polar surface area (TPSA) is 88.9 Å². The Hall–Kier alpha value is -3.63. The zero-order valence-electron chi connectivity index (χ0n) is 15.8. The van der Waals surface area contributed by atoms with Crippen LogP contribution in [0.15, 0.2) is 76.2 Å². The Morgan fingerprint density at radius 1 is 1.07 bits per heavy atom. The number of carbonyl (C=O) groups is 1. The number of benzene rings is 2. The Morgan fingerprint density at radius 2 is 1.83 bits per heavy atom. The van der Waals surface area contributed by atoms with Gasteiger partial charge < -0.3 is 9.84 Å². The van der Waals surface area contributed by atoms with E-state index in [4.69, 9.17) is 4.74 Å². The standard InChI is InChI=1S/C22H18N2O4S/c1-28-20-7-4-8-21(13-20)29(2,27)24-22(26)18-11-17(14-23-15-18)10-9-16-5-3-6-19(25)12-16/h3-8,11-15,25H,1-2H3. The predicted octanol–water partition coefficient (Wildman–Crippen LogP) is 3.49. The fourth-order valence-corrected chi connectivity index (χ4v) is 3.65. The van der Waals surface area contributed by atoms with Crippen molar-refractivity contribution in [2.75, 3.05) is 13.4 Å². The quantitative estimate of drug-likeness (QED) is 0.673. The van der Waals surface area contributed by atoms with Crippen LogP contribution in [-0.2, 0) is 9.73 Å². The van der Waals surface area contributed by atoms with Crippen LogP contribution in [0.2, 0.25) is 0 Å². The summed E-state index contributed by atoms with van der Waals surface area (Å²) in [5, 5.41) is 9.49. The third kappa shape index (κ3) is 5.21. The van der Waals surface area contributed by atoms with E-state index in [-0.39, 0.29) is 11.3 Å². The van der Waals surface area contributed by atoms with Crippen molar-refractivity contribution in [3.8, 4) is 23.3 Å². The molecule has 0 spiro atoms. The second kappa shape index (κ2) is 8.59. The van der Waals surface area contributed by atoms with E-state index in [0.717, 1.165) is 0 Å². The van der Waals surface area contributed by atoms with E-state index in [1.807, 2.05) is 0 Å². The van der Waals surface area contributed by atoms with Crippen molar-refractivity contribution in [3.63, 3.8) is 0 Å². The van der Waals surface area contributed by atoms with Crippen molar-refractivity contribution >= 4 is 15.6 Å². The molecule has 6 nitrogen and oxygen atoms in total. The second-order valence-electron chi connectivity index (χ2n) is 6.14. The molecule has 29 heavy (non-hydrogen) atoms. The van der Waals surface area contributed by atoms with Gasteiger partial charge in [0.05, 0.1) is 27.3 Å². The number of amides is 1. The summed E-state index contributed by atoms with van der Waals surface area (Å²) in [5.41, 5.74) is 1.31. The highest BCUT2D eigenvalue weighted by molar-refractivity contribution is 7.93. The van der Waals surface area contributed by atoms with Crippen LogP contribution >= 0.6 is 0 Å². The van der Waals surface area contributed by atoms with Gasteiger partial charge in [0.2, 0.25) is 0 Å². The second-order valence-corrected chi connectivity index (χ2v) is 8.40. The maximum atomic E-state index is 13.0. The molecule has 1 atom stereocenters. The van der Waals surface area contributed by atoms with Crippen LogP contribution in [0.5, 0.6) is 11.5 Å². The number of phenols is 1. The van der Waals surface area contributed by atoms with Gasteiger partial charge in [0.1, 0.15) is 11.5 Å². The van der Waals surface area contributed by atoms with E-state index >= 15 is 0 Å². The third-order valence-electron chi connectivity index (χ3n) is 3.92. The van der Waals surface area contributed by atoms with E-state index in [1.165, 1.54) is 37.9 Å². The number of aromatic hydroxyl groups is 1. The minimum Gasteiger partial charge on any atom is -0.508 e. The molecule has 0 fully saturated rings. The molecule has 0 aliphatic heterocycles. The Bertz CT molecular complexity index is 1250. The summed E-state index contributed by atoms with van der Waals surface area (Å²) in [6.07, 6.45) is 4.27. The molecular formula is C22H18N2O4S. The van der Waals surface area contributed by atoms with Crippen LogP contribution in [0.25, 0.3) is 0 Å². The zero-order chi connectivity index (χ0) is 20.9. The van der Waals surface area contributed by atoms with Gasteiger partial charge in [-0.3, -0.25) is 9.78 Å². The lowest BCUT2D eigenvalue weighted by molar-refractivity contribution is 0.100. The molecule has 0 bridgehead atoms. The number of rotatable bonds is 3. The van der Waals surface area contributed by atoms with Crippen molar-refractivity contribution in [1.29, 1.82) is 0 Å². The highest BCUT2D eigenvalue weighted by Crippen LogP contribution is 2.19. The minimum absolute atomic E-state index is 0.118. The first-order valence-electron chi connectivity index (χ1n) is 8.54. The molecule has 1 amide bonds. The predicted molar refractivity (Wildman–Crippen MR) is 110 cm³/mol. The van der Waals surface area contributed by atoms with Crippen LogP contribution in [-0.4, -0.2) is 33.6 Å². The number of carbonyl (C=O) groups excluding carboxylic acids is 1. The van der Waals surface area contributed by atoms with E-state index < -0.39 is 15.6 Å². The highest BCUT2D eigenvalue weighted by Gasteiger charge is 2.13. The van der Waals surface area contributed by atoms with Gasteiger partial charge in [-0.15, -0.1) is 0 Å². The van der Waals surface area contributed by atoms with Crippen molar-refractivity contribution < 1.29 is 18.8 Å². The molecule has 2 aromatic carbocycles. The van der Waals surface area contributed by atoms with Gasteiger partial charge in [-0.25, -0.2) is 4.21 Å². The van der Waals surface area contributed by atoms with Gasteiger partial charge >= 0.3 is 0 Å². The number of aromatic nitrogens is 1. The lowest BCUT2D eigenvalue weighted by Crippen LogP contribution is -2.05. The Morgan fingerprint density at radius 3 is 2.59 bits per heavy atom. The zero-order valence-corrected chi connectivity index (χ0v) is 16.6. The molecule has 3 aromatic rings. The normalized spacial score (nSPS) is 12.2. The number of hydrogen-bond acceptors (Lipinski definition) is 5. The van der Waals surface area contributed by atoms with Crippen LogP contribution < -0.4 is 4.74 Å². The largest absolute Gasteiger partial charge is 0.508 e. The Labute approximate surface area is 169 Å². The maximum absolute atomic E-state index is 13.0. The molecule has 1 heterocycles. The summed E-state index contributed by atoms with van der Waals surface area (Å²) in [6, 6.07) is 14.7. The number of pyridine rings is 1. The summed E-state index contributed by atoms with van der Waals surface area (Å²) >= 11 is 0. The lowest BCUT2D eigenvalue weighted by atomic mass is 10.1. The fraction of sp³-hybridized carbons (Fsp3) is 0.0909. The molecule has 1 unspecified atom stereocenters. The van der Waals surface area contributed by atoms with E-state index in [2.05, 4.69) is 21.2 Å². The Balaban J connectivity index is 1.89. The van der Waals surface area contributed by atoms with Gasteiger partial charge in [0, 0.05) is 29.8 Å². The van der Waals surface area contributed by atoms with Crippen LogP contribution in [0.1, 0.15) is 21.5 Å². The molecule has 3 rings (SSSR count). The summed E-state index contributed by atoms with van der Waals surface area (Å²) in [5.74, 6) is 5.79. The molecule has 146 valence electrons. The average molecular weight is 406 g/mol. The molecule has 0 saturated heterocycles. The number of methoxy groups -OCH3 is 1. The smallest absolute Gasteiger partial charge is 0.286 e. The van der Waals surface area contributed by atoms with Crippen LogP contribution in [0.4, 0.5) is 0 Å². The lowest BCUT2D eigenvalue weighted by Gasteiger charge is -2.06. The molecule has 0 radical (unpaired) electrons. The first-order valence-corrected chi connectivity index (χ1v) is 10.5. The van der Waals surface area contributed by atoms with Gasteiger partial charge in [-0.2, -0.15) is 4.36 Å². The number of hydrogen-bond donors (Lipinski definition) is 1. The van der Waals surface area contributed by atoms with Crippen molar-refractivity contribution in [2.45, 2.75) is 4.90 Å². The number of nitrogens with zero attached hydrogens (tertiary/aromatic N) is 2. The molecule has 0 aliphatic carbocycles. The summed E-state index contributed by atoms with van der Waals surface area (Å²) in [6.45, 7) is 0. The van der Waals surface area contributed by atoms with E-state index in [9.17, 15) is 14.1 Å². The maximum Gasteiger partial charge on any atom is 0.286 e. The van der Waals surface area contributed by atoms with Crippen LogP contribution in [0.3, 0.4) is 0 Å². The molecule has 0 saturated carbocycles. The first-order chi connectivity index (χ1) is 13.9. The third-order valence-corrected chi connectivity index (χ3v) is 5.56. The van der Waals surface area contributed by atoms with Gasteiger partial charge in [-0.1, -0.05) is 24.0 Å².